The summed E-state index contributed by atoms with van der Waals surface area (Å²) in [4.78, 5) is 23.1. The molecule has 0 fully saturated rings. The Bertz CT molecular complexity index is 847. The molecule has 0 saturated carbocycles. The highest BCUT2D eigenvalue weighted by Gasteiger charge is 2.34. The zero-order valence-electron chi connectivity index (χ0n) is 15.7. The van der Waals surface area contributed by atoms with Crippen LogP contribution in [0.1, 0.15) is 37.8 Å². The van der Waals surface area contributed by atoms with Crippen molar-refractivity contribution in [2.75, 3.05) is 17.2 Å². The third-order valence-electron chi connectivity index (χ3n) is 3.84. The van der Waals surface area contributed by atoms with Gasteiger partial charge in [-0.3, -0.25) is 9.59 Å². The summed E-state index contributed by atoms with van der Waals surface area (Å²) in [6.07, 6.45) is -4.70. The molecule has 2 N–H and O–H groups in total. The molecule has 0 radical (unpaired) electrons. The quantitative estimate of drug-likeness (QED) is 0.739. The Morgan fingerprint density at radius 1 is 1.04 bits per heavy atom. The van der Waals surface area contributed by atoms with Gasteiger partial charge in [-0.25, -0.2) is 0 Å². The Balaban J connectivity index is 2.07. The second kappa shape index (κ2) is 8.77. The van der Waals surface area contributed by atoms with Crippen molar-refractivity contribution in [1.29, 1.82) is 0 Å². The minimum atomic E-state index is -4.70. The summed E-state index contributed by atoms with van der Waals surface area (Å²) in [5.41, 5.74) is -0.385. The van der Waals surface area contributed by atoms with E-state index in [9.17, 15) is 22.8 Å². The van der Waals surface area contributed by atoms with Gasteiger partial charge in [0.05, 0.1) is 11.3 Å². The fourth-order valence-corrected chi connectivity index (χ4v) is 2.45. The monoisotopic (exact) mass is 394 g/mol. The van der Waals surface area contributed by atoms with Gasteiger partial charge in [0.1, 0.15) is 5.75 Å². The molecule has 0 unspecified atom stereocenters. The molecule has 0 spiro atoms. The molecule has 2 rings (SSSR count). The fraction of sp³-hybridized carbons (Fsp3) is 0.300. The molecular weight excluding hydrogens is 373 g/mol. The van der Waals surface area contributed by atoms with Crippen LogP contribution >= 0.6 is 0 Å². The maximum atomic E-state index is 13.3. The van der Waals surface area contributed by atoms with Crippen molar-refractivity contribution in [2.45, 2.75) is 32.9 Å². The number of amides is 2. The summed E-state index contributed by atoms with van der Waals surface area (Å²) in [7, 11) is 0. The lowest BCUT2D eigenvalue weighted by molar-refractivity contribution is -0.137. The standard InChI is InChI=1S/C20H21F3N2O3/c1-12(2)14-4-7-16(8-5-14)28-11-19(27)25-18-9-6-15(24-13(3)26)10-17(18)20(21,22)23/h4-10,12H,11H2,1-3H3,(H,24,26)(H,25,27). The SMILES string of the molecule is CC(=O)Nc1ccc(NC(=O)COc2ccc(C(C)C)cc2)c(C(F)(F)F)c1. The number of anilines is 2. The lowest BCUT2D eigenvalue weighted by atomic mass is 10.0. The van der Waals surface area contributed by atoms with Gasteiger partial charge in [-0.05, 0) is 41.8 Å². The molecule has 0 aromatic heterocycles. The summed E-state index contributed by atoms with van der Waals surface area (Å²) in [5.74, 6) is -0.442. The van der Waals surface area contributed by atoms with Crippen molar-refractivity contribution in [2.24, 2.45) is 0 Å². The van der Waals surface area contributed by atoms with E-state index in [1.165, 1.54) is 13.0 Å². The van der Waals surface area contributed by atoms with E-state index in [0.29, 0.717) is 11.7 Å². The first kappa shape index (κ1) is 21.3. The van der Waals surface area contributed by atoms with Crippen molar-refractivity contribution in [3.63, 3.8) is 0 Å². The van der Waals surface area contributed by atoms with Crippen LogP contribution in [0.5, 0.6) is 5.75 Å². The number of ether oxygens (including phenoxy) is 1. The summed E-state index contributed by atoms with van der Waals surface area (Å²) < 4.78 is 45.2. The van der Waals surface area contributed by atoms with Crippen LogP contribution in [0.4, 0.5) is 24.5 Å². The second-order valence-corrected chi connectivity index (χ2v) is 6.50. The van der Waals surface area contributed by atoms with Crippen molar-refractivity contribution in [3.8, 4) is 5.75 Å². The first-order valence-electron chi connectivity index (χ1n) is 8.57. The van der Waals surface area contributed by atoms with Crippen molar-refractivity contribution in [1.82, 2.24) is 0 Å². The van der Waals surface area contributed by atoms with Crippen LogP contribution in [0.25, 0.3) is 0 Å². The molecule has 0 aliphatic carbocycles. The molecule has 2 amide bonds. The number of halogens is 3. The average molecular weight is 394 g/mol. The molecule has 0 heterocycles. The predicted octanol–water partition coefficient (Wildman–Crippen LogP) is 4.80. The van der Waals surface area contributed by atoms with Crippen LogP contribution in [0, 0.1) is 0 Å². The normalized spacial score (nSPS) is 11.2. The lowest BCUT2D eigenvalue weighted by Gasteiger charge is -2.16. The number of alkyl halides is 3. The number of carbonyl (C=O) groups is 2. The molecule has 150 valence electrons. The molecule has 0 aliphatic rings. The van der Waals surface area contributed by atoms with E-state index in [4.69, 9.17) is 4.74 Å². The van der Waals surface area contributed by atoms with Gasteiger partial charge in [0.2, 0.25) is 5.91 Å². The van der Waals surface area contributed by atoms with Gasteiger partial charge < -0.3 is 15.4 Å². The summed E-state index contributed by atoms with van der Waals surface area (Å²) >= 11 is 0. The number of carbonyl (C=O) groups excluding carboxylic acids is 2. The van der Waals surface area contributed by atoms with Crippen LogP contribution in [-0.2, 0) is 15.8 Å². The minimum absolute atomic E-state index is 0.0145. The number of nitrogens with one attached hydrogen (secondary N) is 2. The average Bonchev–Trinajstić information content (AvgIpc) is 2.60. The highest BCUT2D eigenvalue weighted by Crippen LogP contribution is 2.36. The molecular formula is C20H21F3N2O3. The van der Waals surface area contributed by atoms with Crippen LogP contribution in [0.15, 0.2) is 42.5 Å². The molecule has 0 bridgehead atoms. The largest absolute Gasteiger partial charge is 0.484 e. The Labute approximate surface area is 160 Å². The smallest absolute Gasteiger partial charge is 0.418 e. The lowest BCUT2D eigenvalue weighted by Crippen LogP contribution is -2.22. The molecule has 2 aromatic carbocycles. The van der Waals surface area contributed by atoms with Crippen LogP contribution in [0.2, 0.25) is 0 Å². The Hall–Kier alpha value is -3.03. The van der Waals surface area contributed by atoms with Crippen molar-refractivity contribution >= 4 is 23.2 Å². The number of rotatable bonds is 6. The Morgan fingerprint density at radius 3 is 2.21 bits per heavy atom. The predicted molar refractivity (Wildman–Crippen MR) is 100 cm³/mol. The maximum absolute atomic E-state index is 13.3. The molecule has 0 saturated heterocycles. The molecule has 5 nitrogen and oxygen atoms in total. The fourth-order valence-electron chi connectivity index (χ4n) is 2.45. The van der Waals surface area contributed by atoms with E-state index < -0.39 is 35.8 Å². The first-order chi connectivity index (χ1) is 13.1. The maximum Gasteiger partial charge on any atom is 0.418 e. The second-order valence-electron chi connectivity index (χ2n) is 6.50. The van der Waals surface area contributed by atoms with Gasteiger partial charge in [0.15, 0.2) is 6.61 Å². The highest BCUT2D eigenvalue weighted by molar-refractivity contribution is 5.94. The van der Waals surface area contributed by atoms with Gasteiger partial charge in [-0.15, -0.1) is 0 Å². The zero-order chi connectivity index (χ0) is 20.9. The van der Waals surface area contributed by atoms with Gasteiger partial charge in [-0.2, -0.15) is 13.2 Å². The number of hydrogen-bond acceptors (Lipinski definition) is 3. The van der Waals surface area contributed by atoms with E-state index in [1.54, 1.807) is 12.1 Å². The van der Waals surface area contributed by atoms with Crippen LogP contribution in [-0.4, -0.2) is 18.4 Å². The van der Waals surface area contributed by atoms with Crippen LogP contribution < -0.4 is 15.4 Å². The Morgan fingerprint density at radius 2 is 1.68 bits per heavy atom. The van der Waals surface area contributed by atoms with Gasteiger partial charge in [-0.1, -0.05) is 26.0 Å². The zero-order valence-corrected chi connectivity index (χ0v) is 15.7. The third-order valence-corrected chi connectivity index (χ3v) is 3.84. The van der Waals surface area contributed by atoms with Gasteiger partial charge in [0.25, 0.3) is 5.91 Å². The Kier molecular flexibility index (Phi) is 6.66. The molecule has 8 heteroatoms. The summed E-state index contributed by atoms with van der Waals surface area (Å²) in [6, 6.07) is 10.3. The summed E-state index contributed by atoms with van der Waals surface area (Å²) in [5, 5.41) is 4.48. The number of hydrogen-bond donors (Lipinski definition) is 2. The van der Waals surface area contributed by atoms with Crippen molar-refractivity contribution in [3.05, 3.63) is 53.6 Å². The van der Waals surface area contributed by atoms with Gasteiger partial charge >= 0.3 is 6.18 Å². The van der Waals surface area contributed by atoms with E-state index in [0.717, 1.165) is 17.7 Å². The molecule has 28 heavy (non-hydrogen) atoms. The van der Waals surface area contributed by atoms with Crippen molar-refractivity contribution < 1.29 is 27.5 Å². The van der Waals surface area contributed by atoms with E-state index in [-0.39, 0.29) is 5.69 Å². The highest BCUT2D eigenvalue weighted by atomic mass is 19.4. The van der Waals surface area contributed by atoms with Gasteiger partial charge in [0, 0.05) is 12.6 Å². The number of benzene rings is 2. The topological polar surface area (TPSA) is 67.4 Å². The van der Waals surface area contributed by atoms with E-state index in [1.807, 2.05) is 26.0 Å². The molecule has 0 atom stereocenters. The van der Waals surface area contributed by atoms with Crippen LogP contribution in [0.3, 0.4) is 0 Å². The summed E-state index contributed by atoms with van der Waals surface area (Å²) in [6.45, 7) is 4.83. The van der Waals surface area contributed by atoms with E-state index in [2.05, 4.69) is 10.6 Å². The van der Waals surface area contributed by atoms with E-state index >= 15 is 0 Å². The first-order valence-corrected chi connectivity index (χ1v) is 8.57. The molecule has 2 aromatic rings. The third kappa shape index (κ3) is 6.00. The molecule has 0 aliphatic heterocycles. The minimum Gasteiger partial charge on any atom is -0.484 e.